The van der Waals surface area contributed by atoms with Crippen molar-refractivity contribution in [2.45, 2.75) is 52.6 Å². The van der Waals surface area contributed by atoms with Crippen LogP contribution in [0, 0.1) is 13.8 Å². The van der Waals surface area contributed by atoms with E-state index in [2.05, 4.69) is 5.32 Å². The molecule has 1 N–H and O–H groups in total. The van der Waals surface area contributed by atoms with Gasteiger partial charge < -0.3 is 10.2 Å². The first-order valence-corrected chi connectivity index (χ1v) is 13.0. The molecule has 2 amide bonds. The summed E-state index contributed by atoms with van der Waals surface area (Å²) in [6.45, 7) is 6.21. The Bertz CT molecular complexity index is 1050. The van der Waals surface area contributed by atoms with E-state index in [1.807, 2.05) is 63.2 Å². The Morgan fingerprint density at radius 2 is 1.70 bits per heavy atom. The van der Waals surface area contributed by atoms with Crippen LogP contribution in [-0.4, -0.2) is 51.0 Å². The van der Waals surface area contributed by atoms with Gasteiger partial charge in [-0.05, 0) is 49.4 Å². The lowest BCUT2D eigenvalue weighted by atomic mass is 10.1. The van der Waals surface area contributed by atoms with Gasteiger partial charge in [0.1, 0.15) is 6.04 Å². The molecule has 0 unspecified atom stereocenters. The van der Waals surface area contributed by atoms with E-state index in [1.165, 1.54) is 10.6 Å². The lowest BCUT2D eigenvalue weighted by molar-refractivity contribution is -0.141. The van der Waals surface area contributed by atoms with Gasteiger partial charge in [0.15, 0.2) is 0 Å². The first-order valence-electron chi connectivity index (χ1n) is 11.2. The maximum absolute atomic E-state index is 13.2. The van der Waals surface area contributed by atoms with Gasteiger partial charge in [-0.1, -0.05) is 49.4 Å². The molecule has 2 aromatic carbocycles. The Labute approximate surface area is 197 Å². The minimum atomic E-state index is -3.52. The Balaban J connectivity index is 2.20. The number of carbonyl (C=O) groups excluding carboxylic acids is 2. The van der Waals surface area contributed by atoms with E-state index in [4.69, 9.17) is 0 Å². The van der Waals surface area contributed by atoms with Crippen LogP contribution in [0.1, 0.15) is 42.9 Å². The molecule has 8 heteroatoms. The summed E-state index contributed by atoms with van der Waals surface area (Å²) in [6, 6.07) is 14.5. The molecule has 0 spiro atoms. The van der Waals surface area contributed by atoms with E-state index in [0.29, 0.717) is 25.1 Å². The van der Waals surface area contributed by atoms with Crippen molar-refractivity contribution in [2.24, 2.45) is 0 Å². The standard InChI is InChI=1S/C25H35N3O4S/c1-6-22(25(30)26-4)27(18-21-13-8-7-9-14-21)24(29)16-11-17-28(33(5,31)32)23-15-10-12-19(2)20(23)3/h7-10,12-15,22H,6,11,16-18H2,1-5H3,(H,26,30)/t22-/m1/s1. The summed E-state index contributed by atoms with van der Waals surface area (Å²) in [6.07, 6.45) is 2.14. The summed E-state index contributed by atoms with van der Waals surface area (Å²) >= 11 is 0. The molecule has 0 radical (unpaired) electrons. The van der Waals surface area contributed by atoms with Crippen molar-refractivity contribution in [3.8, 4) is 0 Å². The highest BCUT2D eigenvalue weighted by Crippen LogP contribution is 2.25. The first kappa shape index (κ1) is 26.4. The summed E-state index contributed by atoms with van der Waals surface area (Å²) in [5, 5.41) is 2.64. The Hall–Kier alpha value is -2.87. The molecule has 0 fully saturated rings. The lowest BCUT2D eigenvalue weighted by Gasteiger charge is -2.31. The molecule has 7 nitrogen and oxygen atoms in total. The molecule has 0 aliphatic rings. The Morgan fingerprint density at radius 1 is 1.03 bits per heavy atom. The minimum absolute atomic E-state index is 0.136. The summed E-state index contributed by atoms with van der Waals surface area (Å²) < 4.78 is 26.4. The fourth-order valence-corrected chi connectivity index (χ4v) is 4.87. The number of likely N-dealkylation sites (N-methyl/N-ethyl adjacent to an activating group) is 1. The molecule has 0 saturated carbocycles. The number of nitrogens with one attached hydrogen (secondary N) is 1. The number of hydrogen-bond acceptors (Lipinski definition) is 4. The van der Waals surface area contributed by atoms with Crippen LogP contribution in [0.25, 0.3) is 0 Å². The van der Waals surface area contributed by atoms with Crippen molar-refractivity contribution in [3.63, 3.8) is 0 Å². The molecule has 1 atom stereocenters. The fraction of sp³-hybridized carbons (Fsp3) is 0.440. The second kappa shape index (κ2) is 11.8. The molecular weight excluding hydrogens is 438 g/mol. The molecule has 2 aromatic rings. The van der Waals surface area contributed by atoms with Gasteiger partial charge in [-0.3, -0.25) is 13.9 Å². The lowest BCUT2D eigenvalue weighted by Crippen LogP contribution is -2.48. The largest absolute Gasteiger partial charge is 0.357 e. The van der Waals surface area contributed by atoms with Crippen molar-refractivity contribution < 1.29 is 18.0 Å². The number of nitrogens with zero attached hydrogens (tertiary/aromatic N) is 2. The number of benzene rings is 2. The third kappa shape index (κ3) is 7.05. The fourth-order valence-electron chi connectivity index (χ4n) is 3.85. The highest BCUT2D eigenvalue weighted by molar-refractivity contribution is 7.92. The number of anilines is 1. The smallest absolute Gasteiger partial charge is 0.242 e. The van der Waals surface area contributed by atoms with Gasteiger partial charge in [0.2, 0.25) is 21.8 Å². The molecule has 2 rings (SSSR count). The maximum Gasteiger partial charge on any atom is 0.242 e. The topological polar surface area (TPSA) is 86.8 Å². The van der Waals surface area contributed by atoms with Gasteiger partial charge in [-0.2, -0.15) is 0 Å². The molecule has 0 saturated heterocycles. The van der Waals surface area contributed by atoms with E-state index >= 15 is 0 Å². The van der Waals surface area contributed by atoms with Gasteiger partial charge in [0.25, 0.3) is 0 Å². The molecule has 0 aliphatic carbocycles. The van der Waals surface area contributed by atoms with Crippen LogP contribution in [0.15, 0.2) is 48.5 Å². The van der Waals surface area contributed by atoms with Gasteiger partial charge >= 0.3 is 0 Å². The number of carbonyl (C=O) groups is 2. The monoisotopic (exact) mass is 473 g/mol. The van der Waals surface area contributed by atoms with E-state index in [9.17, 15) is 18.0 Å². The molecule has 33 heavy (non-hydrogen) atoms. The minimum Gasteiger partial charge on any atom is -0.357 e. The van der Waals surface area contributed by atoms with Crippen LogP contribution in [-0.2, 0) is 26.2 Å². The third-order valence-electron chi connectivity index (χ3n) is 5.82. The highest BCUT2D eigenvalue weighted by Gasteiger charge is 2.28. The SMILES string of the molecule is CC[C@H](C(=O)NC)N(Cc1ccccc1)C(=O)CCCN(c1cccc(C)c1C)S(C)(=O)=O. The summed E-state index contributed by atoms with van der Waals surface area (Å²) in [4.78, 5) is 27.3. The van der Waals surface area contributed by atoms with Crippen molar-refractivity contribution in [2.75, 3.05) is 24.2 Å². The van der Waals surface area contributed by atoms with Crippen LogP contribution >= 0.6 is 0 Å². The van der Waals surface area contributed by atoms with Crippen LogP contribution < -0.4 is 9.62 Å². The van der Waals surface area contributed by atoms with Crippen LogP contribution in [0.3, 0.4) is 0 Å². The summed E-state index contributed by atoms with van der Waals surface area (Å²) in [7, 11) is -1.96. The number of amides is 2. The van der Waals surface area contributed by atoms with Gasteiger partial charge in [-0.15, -0.1) is 0 Å². The normalized spacial score (nSPS) is 12.2. The average molecular weight is 474 g/mol. The van der Waals surface area contributed by atoms with Gasteiger partial charge in [0, 0.05) is 26.6 Å². The van der Waals surface area contributed by atoms with E-state index in [1.54, 1.807) is 18.0 Å². The van der Waals surface area contributed by atoms with Crippen LogP contribution in [0.4, 0.5) is 5.69 Å². The molecule has 0 bridgehead atoms. The predicted octanol–water partition coefficient (Wildman–Crippen LogP) is 3.40. The van der Waals surface area contributed by atoms with Crippen molar-refractivity contribution in [1.29, 1.82) is 0 Å². The van der Waals surface area contributed by atoms with Crippen molar-refractivity contribution >= 4 is 27.5 Å². The maximum atomic E-state index is 13.2. The predicted molar refractivity (Wildman–Crippen MR) is 132 cm³/mol. The number of aryl methyl sites for hydroxylation is 1. The second-order valence-electron chi connectivity index (χ2n) is 8.20. The zero-order valence-corrected chi connectivity index (χ0v) is 21.0. The molecule has 180 valence electrons. The van der Waals surface area contributed by atoms with Crippen molar-refractivity contribution in [3.05, 3.63) is 65.2 Å². The molecule has 0 aliphatic heterocycles. The zero-order valence-electron chi connectivity index (χ0n) is 20.2. The number of rotatable bonds is 11. The van der Waals surface area contributed by atoms with Crippen molar-refractivity contribution in [1.82, 2.24) is 10.2 Å². The van der Waals surface area contributed by atoms with Gasteiger partial charge in [0.05, 0.1) is 11.9 Å². The summed E-state index contributed by atoms with van der Waals surface area (Å²) in [5.74, 6) is -0.390. The van der Waals surface area contributed by atoms with E-state index < -0.39 is 16.1 Å². The second-order valence-corrected chi connectivity index (χ2v) is 10.1. The van der Waals surface area contributed by atoms with E-state index in [-0.39, 0.29) is 24.8 Å². The molecule has 0 heterocycles. The summed E-state index contributed by atoms with van der Waals surface area (Å²) in [5.41, 5.74) is 3.46. The Kier molecular flexibility index (Phi) is 9.46. The highest BCUT2D eigenvalue weighted by atomic mass is 32.2. The zero-order chi connectivity index (χ0) is 24.6. The quantitative estimate of drug-likeness (QED) is 0.542. The third-order valence-corrected chi connectivity index (χ3v) is 7.00. The average Bonchev–Trinajstić information content (AvgIpc) is 2.78. The molecular formula is C25H35N3O4S. The molecule has 0 aromatic heterocycles. The number of hydrogen-bond donors (Lipinski definition) is 1. The first-order chi connectivity index (χ1) is 15.6. The van der Waals surface area contributed by atoms with Gasteiger partial charge in [-0.25, -0.2) is 8.42 Å². The van der Waals surface area contributed by atoms with Crippen LogP contribution in [0.2, 0.25) is 0 Å². The number of sulfonamides is 1. The van der Waals surface area contributed by atoms with Crippen LogP contribution in [0.5, 0.6) is 0 Å². The van der Waals surface area contributed by atoms with E-state index in [0.717, 1.165) is 16.7 Å². The Morgan fingerprint density at radius 3 is 2.27 bits per heavy atom.